The Hall–Kier alpha value is -4.66. The lowest BCUT2D eigenvalue weighted by Crippen LogP contribution is -2.28. The molecule has 0 radical (unpaired) electrons. The van der Waals surface area contributed by atoms with Crippen molar-refractivity contribution in [1.82, 2.24) is 5.32 Å². The monoisotopic (exact) mass is 533 g/mol. The van der Waals surface area contributed by atoms with Crippen LogP contribution in [-0.2, 0) is 11.2 Å². The number of benzene rings is 3. The van der Waals surface area contributed by atoms with Crippen molar-refractivity contribution in [1.29, 1.82) is 0 Å². The van der Waals surface area contributed by atoms with Crippen LogP contribution in [0.2, 0.25) is 0 Å². The lowest BCUT2D eigenvalue weighted by Gasteiger charge is -2.21. The predicted molar refractivity (Wildman–Crippen MR) is 146 cm³/mol. The lowest BCUT2D eigenvalue weighted by molar-refractivity contribution is -0.121. The van der Waals surface area contributed by atoms with Crippen molar-refractivity contribution >= 4 is 16.9 Å². The molecule has 0 aliphatic carbocycles. The van der Waals surface area contributed by atoms with Gasteiger partial charge in [0.2, 0.25) is 11.7 Å². The van der Waals surface area contributed by atoms with E-state index >= 15 is 0 Å². The van der Waals surface area contributed by atoms with E-state index < -0.39 is 11.5 Å². The molecule has 2 N–H and O–H groups in total. The first-order chi connectivity index (χ1) is 18.9. The molecule has 1 heterocycles. The molecule has 0 unspecified atom stereocenters. The molecular weight excluding hydrogens is 502 g/mol. The van der Waals surface area contributed by atoms with E-state index in [9.17, 15) is 14.7 Å². The summed E-state index contributed by atoms with van der Waals surface area (Å²) in [7, 11) is 6.04. The minimum Gasteiger partial charge on any atom is -0.507 e. The number of aromatic hydroxyl groups is 1. The Morgan fingerprint density at radius 3 is 2.21 bits per heavy atom. The van der Waals surface area contributed by atoms with Gasteiger partial charge in [0.1, 0.15) is 17.1 Å². The Bertz CT molecular complexity index is 1490. The predicted octanol–water partition coefficient (Wildman–Crippen LogP) is 4.41. The zero-order chi connectivity index (χ0) is 27.9. The van der Waals surface area contributed by atoms with Gasteiger partial charge >= 0.3 is 5.63 Å². The molecule has 0 aliphatic rings. The molecule has 4 aromatic rings. The maximum atomic E-state index is 13.2. The third kappa shape index (κ3) is 5.93. The zero-order valence-electron chi connectivity index (χ0n) is 22.3. The van der Waals surface area contributed by atoms with E-state index in [1.807, 2.05) is 24.3 Å². The molecule has 1 aromatic heterocycles. The average Bonchev–Trinajstić information content (AvgIpc) is 2.96. The Kier molecular flexibility index (Phi) is 8.60. The number of para-hydroxylation sites is 1. The number of hydrogen-bond donors (Lipinski definition) is 2. The summed E-state index contributed by atoms with van der Waals surface area (Å²) in [6.45, 7) is 0.380. The molecule has 1 atom stereocenters. The lowest BCUT2D eigenvalue weighted by atomic mass is 9.87. The van der Waals surface area contributed by atoms with E-state index in [1.54, 1.807) is 43.5 Å². The molecule has 9 heteroatoms. The van der Waals surface area contributed by atoms with E-state index in [4.69, 9.17) is 23.4 Å². The Labute approximate surface area is 225 Å². The Morgan fingerprint density at radius 1 is 0.923 bits per heavy atom. The number of fused-ring (bicyclic) bond motifs is 1. The minimum absolute atomic E-state index is 0.0340. The van der Waals surface area contributed by atoms with Gasteiger partial charge in [-0.15, -0.1) is 0 Å². The summed E-state index contributed by atoms with van der Waals surface area (Å²) in [6.07, 6.45) is 0.464. The van der Waals surface area contributed by atoms with Crippen molar-refractivity contribution < 1.29 is 33.3 Å². The molecule has 0 saturated heterocycles. The van der Waals surface area contributed by atoms with Crippen molar-refractivity contribution in [3.63, 3.8) is 0 Å². The van der Waals surface area contributed by atoms with Crippen molar-refractivity contribution in [2.75, 3.05) is 35.0 Å². The van der Waals surface area contributed by atoms with Crippen LogP contribution < -0.4 is 29.9 Å². The van der Waals surface area contributed by atoms with Crippen molar-refractivity contribution in [2.45, 2.75) is 18.8 Å². The van der Waals surface area contributed by atoms with Crippen LogP contribution in [0.15, 0.2) is 69.9 Å². The first kappa shape index (κ1) is 27.4. The summed E-state index contributed by atoms with van der Waals surface area (Å²) in [4.78, 5) is 26.4. The summed E-state index contributed by atoms with van der Waals surface area (Å²) < 4.78 is 27.1. The Morgan fingerprint density at radius 2 is 1.59 bits per heavy atom. The molecule has 4 rings (SSSR count). The number of hydrogen-bond acceptors (Lipinski definition) is 8. The highest BCUT2D eigenvalue weighted by Gasteiger charge is 2.29. The van der Waals surface area contributed by atoms with Gasteiger partial charge in [-0.05, 0) is 53.9 Å². The van der Waals surface area contributed by atoms with E-state index in [0.717, 1.165) is 11.3 Å². The molecule has 204 valence electrons. The summed E-state index contributed by atoms with van der Waals surface area (Å²) in [6, 6.07) is 17.6. The molecular formula is C30H31NO8. The maximum Gasteiger partial charge on any atom is 0.343 e. The molecule has 0 aliphatic heterocycles. The van der Waals surface area contributed by atoms with E-state index in [1.165, 1.54) is 21.3 Å². The third-order valence-corrected chi connectivity index (χ3v) is 6.54. The first-order valence-electron chi connectivity index (χ1n) is 12.3. The van der Waals surface area contributed by atoms with Crippen molar-refractivity contribution in [2.24, 2.45) is 0 Å². The van der Waals surface area contributed by atoms with Gasteiger partial charge in [-0.25, -0.2) is 4.79 Å². The maximum absolute atomic E-state index is 13.2. The Balaban J connectivity index is 1.69. The summed E-state index contributed by atoms with van der Waals surface area (Å²) in [5.41, 5.74) is 1.01. The van der Waals surface area contributed by atoms with E-state index in [-0.39, 0.29) is 29.2 Å². The quantitative estimate of drug-likeness (QED) is 0.272. The number of rotatable bonds is 11. The van der Waals surface area contributed by atoms with Crippen LogP contribution in [0.5, 0.6) is 28.7 Å². The van der Waals surface area contributed by atoms with E-state index in [2.05, 4.69) is 5.32 Å². The van der Waals surface area contributed by atoms with Crippen LogP contribution in [0, 0.1) is 0 Å². The molecule has 0 bridgehead atoms. The van der Waals surface area contributed by atoms with Crippen LogP contribution in [0.25, 0.3) is 11.0 Å². The fourth-order valence-corrected chi connectivity index (χ4v) is 4.54. The van der Waals surface area contributed by atoms with Crippen LogP contribution in [-0.4, -0.2) is 46.0 Å². The SMILES string of the molecule is COc1ccc(CCNC(=O)C[C@H](c2cc(OC)c(OC)c(OC)c2)c2c(O)c3ccccc3oc2=O)cc1. The van der Waals surface area contributed by atoms with Gasteiger partial charge in [0.15, 0.2) is 11.5 Å². The highest BCUT2D eigenvalue weighted by molar-refractivity contribution is 5.85. The van der Waals surface area contributed by atoms with Crippen LogP contribution in [0.3, 0.4) is 0 Å². The molecule has 0 fully saturated rings. The highest BCUT2D eigenvalue weighted by Crippen LogP contribution is 2.43. The summed E-state index contributed by atoms with van der Waals surface area (Å²) in [5, 5.41) is 14.5. The molecule has 9 nitrogen and oxygen atoms in total. The second-order valence-electron chi connectivity index (χ2n) is 8.81. The van der Waals surface area contributed by atoms with Gasteiger partial charge in [0, 0.05) is 18.9 Å². The molecule has 1 amide bonds. The summed E-state index contributed by atoms with van der Waals surface area (Å²) in [5.74, 6) is 0.385. The number of carbonyl (C=O) groups is 1. The highest BCUT2D eigenvalue weighted by atomic mass is 16.5. The number of nitrogens with one attached hydrogen (secondary N) is 1. The van der Waals surface area contributed by atoms with Gasteiger partial charge in [0.25, 0.3) is 0 Å². The van der Waals surface area contributed by atoms with Crippen molar-refractivity contribution in [3.05, 3.63) is 87.8 Å². The van der Waals surface area contributed by atoms with Crippen LogP contribution in [0.1, 0.15) is 29.0 Å². The molecule has 39 heavy (non-hydrogen) atoms. The molecule has 0 saturated carbocycles. The fraction of sp³-hybridized carbons (Fsp3) is 0.267. The number of methoxy groups -OCH3 is 4. The van der Waals surface area contributed by atoms with Crippen LogP contribution >= 0.6 is 0 Å². The van der Waals surface area contributed by atoms with Gasteiger partial charge in [-0.1, -0.05) is 24.3 Å². The van der Waals surface area contributed by atoms with E-state index in [0.29, 0.717) is 41.2 Å². The van der Waals surface area contributed by atoms with Gasteiger partial charge in [-0.3, -0.25) is 4.79 Å². The molecule has 0 spiro atoms. The second kappa shape index (κ2) is 12.3. The number of amides is 1. The normalized spacial score (nSPS) is 11.6. The van der Waals surface area contributed by atoms with Crippen LogP contribution in [0.4, 0.5) is 0 Å². The standard InChI is InChI=1S/C30H31NO8/c1-35-20-11-9-18(10-12-20)13-14-31-26(32)17-22(19-15-24(36-2)29(38-4)25(16-19)37-3)27-28(33)21-7-5-6-8-23(21)39-30(27)34/h5-12,15-16,22,33H,13-14,17H2,1-4H3,(H,31,32)/t22-/m1/s1. The summed E-state index contributed by atoms with van der Waals surface area (Å²) >= 11 is 0. The fourth-order valence-electron chi connectivity index (χ4n) is 4.54. The van der Waals surface area contributed by atoms with Gasteiger partial charge in [-0.2, -0.15) is 0 Å². The smallest absolute Gasteiger partial charge is 0.343 e. The topological polar surface area (TPSA) is 116 Å². The number of carbonyl (C=O) groups excluding carboxylic acids is 1. The second-order valence-corrected chi connectivity index (χ2v) is 8.81. The van der Waals surface area contributed by atoms with Gasteiger partial charge in [0.05, 0.1) is 39.4 Å². The minimum atomic E-state index is -0.874. The molecule has 3 aromatic carbocycles. The average molecular weight is 534 g/mol. The largest absolute Gasteiger partial charge is 0.507 e. The number of ether oxygens (including phenoxy) is 4. The van der Waals surface area contributed by atoms with Crippen molar-refractivity contribution in [3.8, 4) is 28.7 Å². The third-order valence-electron chi connectivity index (χ3n) is 6.54. The zero-order valence-corrected chi connectivity index (χ0v) is 22.3. The van der Waals surface area contributed by atoms with Gasteiger partial charge < -0.3 is 33.8 Å². The first-order valence-corrected chi connectivity index (χ1v) is 12.3.